The normalized spacial score (nSPS) is 18.4. The summed E-state index contributed by atoms with van der Waals surface area (Å²) < 4.78 is 5.26. The highest BCUT2D eigenvalue weighted by atomic mass is 16.5. The predicted octanol–water partition coefficient (Wildman–Crippen LogP) is 1.58. The third kappa shape index (κ3) is 2.83. The number of fused-ring (bicyclic) bond motifs is 1. The third-order valence-electron chi connectivity index (χ3n) is 3.49. The summed E-state index contributed by atoms with van der Waals surface area (Å²) in [7, 11) is 0. The summed E-state index contributed by atoms with van der Waals surface area (Å²) in [6.07, 6.45) is 3.08. The first-order chi connectivity index (χ1) is 9.25. The molecule has 1 aliphatic rings. The van der Waals surface area contributed by atoms with Crippen LogP contribution in [0, 0.1) is 0 Å². The van der Waals surface area contributed by atoms with Gasteiger partial charge in [-0.15, -0.1) is 0 Å². The van der Waals surface area contributed by atoms with Gasteiger partial charge in [0, 0.05) is 44.2 Å². The fourth-order valence-corrected chi connectivity index (χ4v) is 2.23. The van der Waals surface area contributed by atoms with Crippen molar-refractivity contribution in [3.63, 3.8) is 0 Å². The van der Waals surface area contributed by atoms with Crippen LogP contribution in [0.3, 0.4) is 0 Å². The lowest BCUT2D eigenvalue weighted by Crippen LogP contribution is -2.42. The highest BCUT2D eigenvalue weighted by Gasteiger charge is 2.29. The number of para-hydroxylation sites is 1. The van der Waals surface area contributed by atoms with Gasteiger partial charge in [0.05, 0.1) is 11.1 Å². The van der Waals surface area contributed by atoms with Crippen LogP contribution in [-0.2, 0) is 4.74 Å². The molecule has 1 fully saturated rings. The highest BCUT2D eigenvalue weighted by Crippen LogP contribution is 2.21. The van der Waals surface area contributed by atoms with Gasteiger partial charge in [-0.25, -0.2) is 9.97 Å². The molecule has 0 aliphatic carbocycles. The van der Waals surface area contributed by atoms with Crippen LogP contribution in [0.5, 0.6) is 0 Å². The van der Waals surface area contributed by atoms with Crippen molar-refractivity contribution in [2.24, 2.45) is 0 Å². The van der Waals surface area contributed by atoms with Crippen LogP contribution in [0.1, 0.15) is 12.8 Å². The zero-order chi connectivity index (χ0) is 13.1. The second kappa shape index (κ2) is 5.11. The summed E-state index contributed by atoms with van der Waals surface area (Å²) in [5.74, 6) is 0.554. The number of aliphatic hydroxyl groups is 1. The van der Waals surface area contributed by atoms with Gasteiger partial charge in [-0.1, -0.05) is 18.2 Å². The summed E-state index contributed by atoms with van der Waals surface area (Å²) in [5, 5.41) is 14.5. The Morgan fingerprint density at radius 1 is 1.26 bits per heavy atom. The SMILES string of the molecule is OC1(CNc2ncc3ccccc3n2)CCOCC1. The van der Waals surface area contributed by atoms with E-state index in [4.69, 9.17) is 4.74 Å². The van der Waals surface area contributed by atoms with Crippen LogP contribution in [0.25, 0.3) is 10.9 Å². The van der Waals surface area contributed by atoms with E-state index in [0.29, 0.717) is 38.5 Å². The van der Waals surface area contributed by atoms with Crippen molar-refractivity contribution in [3.05, 3.63) is 30.5 Å². The Morgan fingerprint density at radius 3 is 2.89 bits per heavy atom. The topological polar surface area (TPSA) is 67.3 Å². The van der Waals surface area contributed by atoms with Crippen molar-refractivity contribution in [1.82, 2.24) is 9.97 Å². The van der Waals surface area contributed by atoms with Gasteiger partial charge in [-0.2, -0.15) is 0 Å². The molecular formula is C14H17N3O2. The number of anilines is 1. The molecule has 1 aliphatic heterocycles. The molecule has 2 heterocycles. The smallest absolute Gasteiger partial charge is 0.223 e. The molecule has 0 unspecified atom stereocenters. The molecule has 0 atom stereocenters. The molecule has 3 rings (SSSR count). The molecule has 5 heteroatoms. The number of benzene rings is 1. The summed E-state index contributed by atoms with van der Waals surface area (Å²) in [6, 6.07) is 7.84. The maximum atomic E-state index is 10.3. The number of rotatable bonds is 3. The average molecular weight is 259 g/mol. The van der Waals surface area contributed by atoms with E-state index >= 15 is 0 Å². The minimum absolute atomic E-state index is 0.453. The number of nitrogens with one attached hydrogen (secondary N) is 1. The monoisotopic (exact) mass is 259 g/mol. The van der Waals surface area contributed by atoms with Gasteiger partial charge in [0.1, 0.15) is 0 Å². The average Bonchev–Trinajstić information content (AvgIpc) is 2.46. The van der Waals surface area contributed by atoms with Gasteiger partial charge >= 0.3 is 0 Å². The van der Waals surface area contributed by atoms with Gasteiger partial charge < -0.3 is 15.2 Å². The molecule has 5 nitrogen and oxygen atoms in total. The molecule has 1 aromatic heterocycles. The van der Waals surface area contributed by atoms with Gasteiger partial charge in [0.2, 0.25) is 5.95 Å². The van der Waals surface area contributed by atoms with Gasteiger partial charge in [0.15, 0.2) is 0 Å². The lowest BCUT2D eigenvalue weighted by Gasteiger charge is -2.32. The van der Waals surface area contributed by atoms with Crippen molar-refractivity contribution in [2.75, 3.05) is 25.1 Å². The summed E-state index contributed by atoms with van der Waals surface area (Å²) in [6.45, 7) is 1.67. The van der Waals surface area contributed by atoms with Crippen LogP contribution < -0.4 is 5.32 Å². The molecule has 19 heavy (non-hydrogen) atoms. The van der Waals surface area contributed by atoms with E-state index in [1.807, 2.05) is 24.3 Å². The van der Waals surface area contributed by atoms with Crippen LogP contribution in [0.15, 0.2) is 30.5 Å². The van der Waals surface area contributed by atoms with Crippen LogP contribution >= 0.6 is 0 Å². The largest absolute Gasteiger partial charge is 0.388 e. The minimum atomic E-state index is -0.715. The fraction of sp³-hybridized carbons (Fsp3) is 0.429. The van der Waals surface area contributed by atoms with E-state index < -0.39 is 5.60 Å². The number of ether oxygens (including phenoxy) is 1. The Bertz CT molecular complexity index is 567. The Labute approximate surface area is 111 Å². The maximum Gasteiger partial charge on any atom is 0.223 e. The summed E-state index contributed by atoms with van der Waals surface area (Å²) in [5.41, 5.74) is 0.187. The van der Waals surface area contributed by atoms with E-state index in [9.17, 15) is 5.11 Å². The van der Waals surface area contributed by atoms with E-state index in [2.05, 4.69) is 15.3 Å². The van der Waals surface area contributed by atoms with E-state index in [1.54, 1.807) is 6.20 Å². The summed E-state index contributed by atoms with van der Waals surface area (Å²) in [4.78, 5) is 8.68. The lowest BCUT2D eigenvalue weighted by molar-refractivity contribution is -0.0544. The second-order valence-corrected chi connectivity index (χ2v) is 4.94. The molecule has 0 saturated carbocycles. The molecule has 1 aromatic carbocycles. The molecule has 2 aromatic rings. The first-order valence-electron chi connectivity index (χ1n) is 6.51. The van der Waals surface area contributed by atoms with Crippen LogP contribution in [0.4, 0.5) is 5.95 Å². The molecular weight excluding hydrogens is 242 g/mol. The molecule has 1 saturated heterocycles. The van der Waals surface area contributed by atoms with Gasteiger partial charge in [-0.3, -0.25) is 0 Å². The van der Waals surface area contributed by atoms with E-state index in [0.717, 1.165) is 10.9 Å². The molecule has 0 bridgehead atoms. The molecule has 0 spiro atoms. The molecule has 0 radical (unpaired) electrons. The standard InChI is InChI=1S/C14H17N3O2/c18-14(5-7-19-8-6-14)10-16-13-15-9-11-3-1-2-4-12(11)17-13/h1-4,9,18H,5-8,10H2,(H,15,16,17). The lowest BCUT2D eigenvalue weighted by atomic mass is 9.94. The van der Waals surface area contributed by atoms with Crippen LogP contribution in [0.2, 0.25) is 0 Å². The van der Waals surface area contributed by atoms with Crippen molar-refractivity contribution < 1.29 is 9.84 Å². The first-order valence-corrected chi connectivity index (χ1v) is 6.51. The number of aromatic nitrogens is 2. The minimum Gasteiger partial charge on any atom is -0.388 e. The Hall–Kier alpha value is -1.72. The van der Waals surface area contributed by atoms with Gasteiger partial charge in [0.25, 0.3) is 0 Å². The summed E-state index contributed by atoms with van der Waals surface area (Å²) >= 11 is 0. The maximum absolute atomic E-state index is 10.3. The number of nitrogens with zero attached hydrogens (tertiary/aromatic N) is 2. The molecule has 100 valence electrons. The van der Waals surface area contributed by atoms with Crippen molar-refractivity contribution in [2.45, 2.75) is 18.4 Å². The first kappa shape index (κ1) is 12.3. The zero-order valence-corrected chi connectivity index (χ0v) is 10.7. The Kier molecular flexibility index (Phi) is 3.31. The highest BCUT2D eigenvalue weighted by molar-refractivity contribution is 5.78. The van der Waals surface area contributed by atoms with E-state index in [-0.39, 0.29) is 0 Å². The zero-order valence-electron chi connectivity index (χ0n) is 10.7. The Morgan fingerprint density at radius 2 is 2.05 bits per heavy atom. The molecule has 0 amide bonds. The number of hydrogen-bond acceptors (Lipinski definition) is 5. The van der Waals surface area contributed by atoms with Crippen molar-refractivity contribution in [3.8, 4) is 0 Å². The fourth-order valence-electron chi connectivity index (χ4n) is 2.23. The quantitative estimate of drug-likeness (QED) is 0.876. The Balaban J connectivity index is 1.71. The second-order valence-electron chi connectivity index (χ2n) is 4.94. The van der Waals surface area contributed by atoms with Crippen molar-refractivity contribution in [1.29, 1.82) is 0 Å². The molecule has 2 N–H and O–H groups in total. The van der Waals surface area contributed by atoms with Gasteiger partial charge in [-0.05, 0) is 6.07 Å². The van der Waals surface area contributed by atoms with E-state index in [1.165, 1.54) is 0 Å². The van der Waals surface area contributed by atoms with Crippen LogP contribution in [-0.4, -0.2) is 40.4 Å². The number of hydrogen-bond donors (Lipinski definition) is 2. The predicted molar refractivity (Wildman–Crippen MR) is 73.0 cm³/mol. The third-order valence-corrected chi connectivity index (χ3v) is 3.49. The van der Waals surface area contributed by atoms with Crippen molar-refractivity contribution >= 4 is 16.9 Å².